The van der Waals surface area contributed by atoms with Crippen LogP contribution in [0, 0.1) is 12.3 Å². The number of hydrogen-bond donors (Lipinski definition) is 1. The number of Topliss-reactive ketones (excluding diaryl/α,β-unsaturated/α-hetero) is 1. The molecule has 1 amide bonds. The van der Waals surface area contributed by atoms with Crippen molar-refractivity contribution in [1.82, 2.24) is 0 Å². The third kappa shape index (κ3) is 3.65. The smallest absolute Gasteiger partial charge is 0.340 e. The molecule has 6 nitrogen and oxygen atoms in total. The van der Waals surface area contributed by atoms with E-state index < -0.39 is 11.9 Å². The second kappa shape index (κ2) is 7.02. The molecule has 0 saturated heterocycles. The zero-order valence-corrected chi connectivity index (χ0v) is 16.0. The first-order chi connectivity index (χ1) is 12.7. The van der Waals surface area contributed by atoms with E-state index in [1.165, 1.54) is 0 Å². The number of esters is 1. The second-order valence-corrected chi connectivity index (χ2v) is 7.52. The molecule has 1 aromatic heterocycles. The van der Waals surface area contributed by atoms with Gasteiger partial charge >= 0.3 is 5.97 Å². The molecule has 6 heteroatoms. The first kappa shape index (κ1) is 18.9. The fraction of sp³-hybridized carbons (Fsp3) is 0.381. The van der Waals surface area contributed by atoms with Crippen LogP contribution in [-0.4, -0.2) is 24.3 Å². The molecule has 0 fully saturated rings. The summed E-state index contributed by atoms with van der Waals surface area (Å²) in [5, 5.41) is 2.71. The van der Waals surface area contributed by atoms with Gasteiger partial charge in [-0.3, -0.25) is 9.59 Å². The second-order valence-electron chi connectivity index (χ2n) is 7.52. The van der Waals surface area contributed by atoms with Gasteiger partial charge in [-0.05, 0) is 31.4 Å². The first-order valence-corrected chi connectivity index (χ1v) is 8.96. The Morgan fingerprint density at radius 1 is 1.22 bits per heavy atom. The summed E-state index contributed by atoms with van der Waals surface area (Å²) in [6.45, 7) is 7.67. The number of rotatable bonds is 4. The zero-order chi connectivity index (χ0) is 19.8. The maximum absolute atomic E-state index is 12.8. The van der Waals surface area contributed by atoms with Crippen LogP contribution < -0.4 is 5.32 Å². The molecule has 1 aromatic carbocycles. The van der Waals surface area contributed by atoms with Crippen LogP contribution in [0.3, 0.4) is 0 Å². The molecule has 0 aliphatic heterocycles. The van der Waals surface area contributed by atoms with Gasteiger partial charge in [0.05, 0.1) is 23.4 Å². The lowest BCUT2D eigenvalue weighted by atomic mass is 9.76. The van der Waals surface area contributed by atoms with Gasteiger partial charge in [0.15, 0.2) is 11.5 Å². The minimum absolute atomic E-state index is 0.00604. The molecule has 1 N–H and O–H groups in total. The van der Waals surface area contributed by atoms with Gasteiger partial charge in [-0.1, -0.05) is 26.0 Å². The molecule has 27 heavy (non-hydrogen) atoms. The number of fused-ring (bicyclic) bond motifs is 1. The number of carbonyl (C=O) groups is 3. The summed E-state index contributed by atoms with van der Waals surface area (Å²) in [5.41, 5.74) is 1.45. The number of nitrogens with one attached hydrogen (secondary N) is 1. The first-order valence-electron chi connectivity index (χ1n) is 8.96. The SMILES string of the molecule is CCOC(=O)c1ccccc1NC(=O)c1oc2c(c1C)C(=O)CC(C)(C)C2. The van der Waals surface area contributed by atoms with Crippen molar-refractivity contribution in [3.05, 3.63) is 52.5 Å². The van der Waals surface area contributed by atoms with E-state index in [1.54, 1.807) is 38.1 Å². The van der Waals surface area contributed by atoms with Crippen molar-refractivity contribution in [2.24, 2.45) is 5.41 Å². The van der Waals surface area contributed by atoms with Crippen molar-refractivity contribution in [1.29, 1.82) is 0 Å². The number of hydrogen-bond acceptors (Lipinski definition) is 5. The molecule has 0 spiro atoms. The minimum Gasteiger partial charge on any atom is -0.462 e. The summed E-state index contributed by atoms with van der Waals surface area (Å²) >= 11 is 0. The predicted octanol–water partition coefficient (Wildman–Crippen LogP) is 4.17. The number of ether oxygens (including phenoxy) is 1. The quantitative estimate of drug-likeness (QED) is 0.818. The van der Waals surface area contributed by atoms with Gasteiger partial charge in [0.2, 0.25) is 0 Å². The Labute approximate surface area is 157 Å². The Bertz CT molecular complexity index is 923. The molecule has 0 atom stereocenters. The summed E-state index contributed by atoms with van der Waals surface area (Å²) in [5.74, 6) is -0.360. The molecule has 0 unspecified atom stereocenters. The average Bonchev–Trinajstić information content (AvgIpc) is 2.91. The predicted molar refractivity (Wildman–Crippen MR) is 100 cm³/mol. The van der Waals surface area contributed by atoms with Gasteiger partial charge in [-0.15, -0.1) is 0 Å². The van der Waals surface area contributed by atoms with E-state index in [9.17, 15) is 14.4 Å². The number of benzene rings is 1. The average molecular weight is 369 g/mol. The summed E-state index contributed by atoms with van der Waals surface area (Å²) in [4.78, 5) is 37.3. The van der Waals surface area contributed by atoms with Crippen LogP contribution in [0.1, 0.15) is 69.8 Å². The van der Waals surface area contributed by atoms with Crippen LogP contribution in [0.4, 0.5) is 5.69 Å². The van der Waals surface area contributed by atoms with E-state index in [0.717, 1.165) is 0 Å². The van der Waals surface area contributed by atoms with Crippen molar-refractivity contribution in [2.75, 3.05) is 11.9 Å². The van der Waals surface area contributed by atoms with Gasteiger partial charge in [-0.25, -0.2) is 4.79 Å². The van der Waals surface area contributed by atoms with E-state index in [2.05, 4.69) is 5.32 Å². The fourth-order valence-corrected chi connectivity index (χ4v) is 3.46. The highest BCUT2D eigenvalue weighted by Crippen LogP contribution is 2.38. The van der Waals surface area contributed by atoms with Gasteiger partial charge in [0.1, 0.15) is 5.76 Å². The molecule has 2 aromatic rings. The highest BCUT2D eigenvalue weighted by molar-refractivity contribution is 6.09. The summed E-state index contributed by atoms with van der Waals surface area (Å²) in [6.07, 6.45) is 1.02. The minimum atomic E-state index is -0.513. The van der Waals surface area contributed by atoms with E-state index >= 15 is 0 Å². The normalized spacial score (nSPS) is 15.2. The molecule has 1 aliphatic rings. The van der Waals surface area contributed by atoms with E-state index in [1.807, 2.05) is 13.8 Å². The largest absolute Gasteiger partial charge is 0.462 e. The monoisotopic (exact) mass is 369 g/mol. The van der Waals surface area contributed by atoms with E-state index in [0.29, 0.717) is 35.4 Å². The van der Waals surface area contributed by atoms with Crippen molar-refractivity contribution in [3.63, 3.8) is 0 Å². The molecule has 1 heterocycles. The molecular weight excluding hydrogens is 346 g/mol. The third-order valence-electron chi connectivity index (χ3n) is 4.65. The highest BCUT2D eigenvalue weighted by Gasteiger charge is 2.37. The zero-order valence-electron chi connectivity index (χ0n) is 16.0. The number of furan rings is 1. The van der Waals surface area contributed by atoms with Crippen LogP contribution >= 0.6 is 0 Å². The van der Waals surface area contributed by atoms with Gasteiger partial charge in [0.25, 0.3) is 5.91 Å². The molecule has 1 aliphatic carbocycles. The lowest BCUT2D eigenvalue weighted by Crippen LogP contribution is -2.26. The van der Waals surface area contributed by atoms with Crippen LogP contribution in [0.5, 0.6) is 0 Å². The van der Waals surface area contributed by atoms with Crippen LogP contribution in [0.25, 0.3) is 0 Å². The molecule has 0 bridgehead atoms. The fourth-order valence-electron chi connectivity index (χ4n) is 3.46. The number of ketones is 1. The lowest BCUT2D eigenvalue weighted by molar-refractivity contribution is 0.0527. The Balaban J connectivity index is 1.91. The molecule has 0 radical (unpaired) electrons. The summed E-state index contributed by atoms with van der Waals surface area (Å²) in [6, 6.07) is 6.61. The Hall–Kier alpha value is -2.89. The Morgan fingerprint density at radius 2 is 1.93 bits per heavy atom. The maximum atomic E-state index is 12.8. The summed E-state index contributed by atoms with van der Waals surface area (Å²) < 4.78 is 10.8. The Morgan fingerprint density at radius 3 is 2.63 bits per heavy atom. The lowest BCUT2D eigenvalue weighted by Gasteiger charge is -2.27. The van der Waals surface area contributed by atoms with Crippen molar-refractivity contribution in [2.45, 2.75) is 40.5 Å². The number of carbonyl (C=O) groups excluding carboxylic acids is 3. The Kier molecular flexibility index (Phi) is 4.91. The van der Waals surface area contributed by atoms with Gasteiger partial charge in [-0.2, -0.15) is 0 Å². The molecule has 142 valence electrons. The van der Waals surface area contributed by atoms with Gasteiger partial charge < -0.3 is 14.5 Å². The summed E-state index contributed by atoms with van der Waals surface area (Å²) in [7, 11) is 0. The highest BCUT2D eigenvalue weighted by atomic mass is 16.5. The van der Waals surface area contributed by atoms with Gasteiger partial charge in [0, 0.05) is 18.4 Å². The standard InChI is InChI=1S/C21H23NO5/c1-5-26-20(25)13-8-6-7-9-14(13)22-19(24)18-12(2)17-15(23)10-21(3,4)11-16(17)27-18/h6-9H,5,10-11H2,1-4H3,(H,22,24). The maximum Gasteiger partial charge on any atom is 0.340 e. The van der Waals surface area contributed by atoms with E-state index in [-0.39, 0.29) is 29.1 Å². The number of para-hydroxylation sites is 1. The van der Waals surface area contributed by atoms with Crippen molar-refractivity contribution < 1.29 is 23.5 Å². The topological polar surface area (TPSA) is 85.6 Å². The van der Waals surface area contributed by atoms with Crippen LogP contribution in [-0.2, 0) is 11.2 Å². The van der Waals surface area contributed by atoms with Crippen LogP contribution in [0.2, 0.25) is 0 Å². The van der Waals surface area contributed by atoms with E-state index in [4.69, 9.17) is 9.15 Å². The van der Waals surface area contributed by atoms with Crippen molar-refractivity contribution in [3.8, 4) is 0 Å². The number of anilines is 1. The number of amides is 1. The third-order valence-corrected chi connectivity index (χ3v) is 4.65. The van der Waals surface area contributed by atoms with Crippen LogP contribution in [0.15, 0.2) is 28.7 Å². The van der Waals surface area contributed by atoms with Crippen molar-refractivity contribution >= 4 is 23.3 Å². The molecule has 0 saturated carbocycles. The molecule has 3 rings (SSSR count). The molecular formula is C21H23NO5.